The first-order valence-corrected chi connectivity index (χ1v) is 5.74. The van der Waals surface area contributed by atoms with E-state index < -0.39 is 0 Å². The van der Waals surface area contributed by atoms with Crippen LogP contribution in [0.2, 0.25) is 0 Å². The minimum Gasteiger partial charge on any atom is -0.377 e. The van der Waals surface area contributed by atoms with Gasteiger partial charge in [-0.05, 0) is 26.3 Å². The summed E-state index contributed by atoms with van der Waals surface area (Å²) in [5.41, 5.74) is 2.61. The largest absolute Gasteiger partial charge is 0.377 e. The third-order valence-corrected chi connectivity index (χ3v) is 2.86. The Labute approximate surface area is 91.0 Å². The summed E-state index contributed by atoms with van der Waals surface area (Å²) in [5, 5.41) is 0. The Balaban J connectivity index is 2.13. The summed E-state index contributed by atoms with van der Waals surface area (Å²) in [7, 11) is 0. The molecule has 3 nitrogen and oxygen atoms in total. The molecule has 0 N–H and O–H groups in total. The van der Waals surface area contributed by atoms with E-state index in [1.165, 1.54) is 11.3 Å². The van der Waals surface area contributed by atoms with E-state index in [0.29, 0.717) is 6.61 Å². The number of nitrogens with zero attached hydrogens (tertiary/aromatic N) is 1. The Morgan fingerprint density at radius 1 is 1.40 bits per heavy atom. The van der Waals surface area contributed by atoms with Crippen molar-refractivity contribution in [2.45, 2.75) is 39.5 Å². The molecule has 0 radical (unpaired) electrons. The lowest BCUT2D eigenvalue weighted by atomic mass is 10.1. The molecule has 1 aromatic rings. The number of aromatic nitrogens is 1. The van der Waals surface area contributed by atoms with Crippen LogP contribution in [0.25, 0.3) is 0 Å². The highest BCUT2D eigenvalue weighted by Gasteiger charge is 2.25. The van der Waals surface area contributed by atoms with E-state index in [0.717, 1.165) is 26.2 Å². The van der Waals surface area contributed by atoms with Crippen molar-refractivity contribution in [1.82, 2.24) is 4.57 Å². The molecular formula is C12H19NO2. The van der Waals surface area contributed by atoms with Gasteiger partial charge in [-0.1, -0.05) is 0 Å². The lowest BCUT2D eigenvalue weighted by Gasteiger charge is -2.12. The van der Waals surface area contributed by atoms with Crippen molar-refractivity contribution in [3.05, 3.63) is 23.5 Å². The van der Waals surface area contributed by atoms with Crippen molar-refractivity contribution in [2.75, 3.05) is 13.2 Å². The first kappa shape index (κ1) is 10.7. The molecule has 2 rings (SSSR count). The molecule has 15 heavy (non-hydrogen) atoms. The fourth-order valence-electron chi connectivity index (χ4n) is 2.21. The quantitative estimate of drug-likeness (QED) is 0.743. The molecule has 0 aromatic carbocycles. The van der Waals surface area contributed by atoms with Gasteiger partial charge in [0.05, 0.1) is 18.4 Å². The second-order valence-electron chi connectivity index (χ2n) is 3.79. The highest BCUT2D eigenvalue weighted by molar-refractivity contribution is 5.26. The maximum Gasteiger partial charge on any atom is 0.0995 e. The van der Waals surface area contributed by atoms with Crippen LogP contribution in [0.5, 0.6) is 0 Å². The molecule has 1 atom stereocenters. The highest BCUT2D eigenvalue weighted by Crippen LogP contribution is 2.32. The zero-order chi connectivity index (χ0) is 10.7. The predicted molar refractivity (Wildman–Crippen MR) is 58.7 cm³/mol. The van der Waals surface area contributed by atoms with Crippen molar-refractivity contribution in [3.8, 4) is 0 Å². The zero-order valence-electron chi connectivity index (χ0n) is 9.53. The van der Waals surface area contributed by atoms with Gasteiger partial charge in [-0.3, -0.25) is 0 Å². The molecule has 0 spiro atoms. The average molecular weight is 209 g/mol. The number of hydrogen-bond donors (Lipinski definition) is 0. The second-order valence-corrected chi connectivity index (χ2v) is 3.79. The average Bonchev–Trinajstić information content (AvgIpc) is 2.79. The van der Waals surface area contributed by atoms with Gasteiger partial charge in [0.1, 0.15) is 0 Å². The molecule has 0 fully saturated rings. The summed E-state index contributed by atoms with van der Waals surface area (Å²) in [6.07, 6.45) is 3.52. The first-order chi connectivity index (χ1) is 7.36. The van der Waals surface area contributed by atoms with E-state index in [1.54, 1.807) is 0 Å². The van der Waals surface area contributed by atoms with E-state index in [1.807, 2.05) is 13.8 Å². The monoisotopic (exact) mass is 209 g/mol. The van der Waals surface area contributed by atoms with Gasteiger partial charge in [0.2, 0.25) is 0 Å². The lowest BCUT2D eigenvalue weighted by molar-refractivity contribution is 0.0608. The van der Waals surface area contributed by atoms with E-state index >= 15 is 0 Å². The van der Waals surface area contributed by atoms with Gasteiger partial charge in [-0.15, -0.1) is 0 Å². The fourth-order valence-corrected chi connectivity index (χ4v) is 2.21. The topological polar surface area (TPSA) is 23.4 Å². The third-order valence-electron chi connectivity index (χ3n) is 2.86. The van der Waals surface area contributed by atoms with Crippen molar-refractivity contribution >= 4 is 0 Å². The summed E-state index contributed by atoms with van der Waals surface area (Å²) in [6.45, 7) is 7.41. The summed E-state index contributed by atoms with van der Waals surface area (Å²) in [4.78, 5) is 0. The molecule has 0 saturated heterocycles. The maximum atomic E-state index is 5.73. The molecule has 0 saturated carbocycles. The van der Waals surface area contributed by atoms with Gasteiger partial charge in [0.15, 0.2) is 0 Å². The van der Waals surface area contributed by atoms with Crippen molar-refractivity contribution < 1.29 is 9.47 Å². The summed E-state index contributed by atoms with van der Waals surface area (Å²) in [5.74, 6) is 0. The number of rotatable bonds is 5. The molecular weight excluding hydrogens is 190 g/mol. The van der Waals surface area contributed by atoms with Crippen molar-refractivity contribution in [1.29, 1.82) is 0 Å². The molecule has 0 amide bonds. The van der Waals surface area contributed by atoms with Crippen molar-refractivity contribution in [2.24, 2.45) is 0 Å². The second kappa shape index (κ2) is 4.81. The number of aryl methyl sites for hydroxylation is 1. The summed E-state index contributed by atoms with van der Waals surface area (Å²) < 4.78 is 13.5. The van der Waals surface area contributed by atoms with Gasteiger partial charge >= 0.3 is 0 Å². The SMILES string of the molecule is CCOCc1ccn2c1C(OCC)CC2. The summed E-state index contributed by atoms with van der Waals surface area (Å²) in [6, 6.07) is 2.15. The van der Waals surface area contributed by atoms with Crippen LogP contribution in [0.1, 0.15) is 37.6 Å². The normalized spacial score (nSPS) is 19.5. The highest BCUT2D eigenvalue weighted by atomic mass is 16.5. The minimum absolute atomic E-state index is 0.278. The Bertz CT molecular complexity index is 319. The molecule has 0 bridgehead atoms. The van der Waals surface area contributed by atoms with E-state index in [4.69, 9.17) is 9.47 Å². The Hall–Kier alpha value is -0.800. The Morgan fingerprint density at radius 2 is 2.27 bits per heavy atom. The molecule has 1 aliphatic rings. The van der Waals surface area contributed by atoms with Gasteiger partial charge < -0.3 is 14.0 Å². The molecule has 2 heterocycles. The lowest BCUT2D eigenvalue weighted by Crippen LogP contribution is -2.04. The van der Waals surface area contributed by atoms with Crippen LogP contribution in [0.15, 0.2) is 12.3 Å². The van der Waals surface area contributed by atoms with Crippen LogP contribution in [0.4, 0.5) is 0 Å². The van der Waals surface area contributed by atoms with Crippen LogP contribution in [-0.4, -0.2) is 17.8 Å². The molecule has 0 aliphatic carbocycles. The third kappa shape index (κ3) is 2.08. The molecule has 1 aliphatic heterocycles. The Morgan fingerprint density at radius 3 is 3.00 bits per heavy atom. The van der Waals surface area contributed by atoms with Gasteiger partial charge in [0.25, 0.3) is 0 Å². The predicted octanol–water partition coefficient (Wildman–Crippen LogP) is 2.51. The van der Waals surface area contributed by atoms with Crippen LogP contribution in [-0.2, 0) is 22.6 Å². The first-order valence-electron chi connectivity index (χ1n) is 5.74. The molecule has 84 valence electrons. The van der Waals surface area contributed by atoms with Crippen LogP contribution in [0.3, 0.4) is 0 Å². The standard InChI is InChI=1S/C12H19NO2/c1-3-14-9-10-5-7-13-8-6-11(12(10)13)15-4-2/h5,7,11H,3-4,6,8-9H2,1-2H3. The molecule has 1 aromatic heterocycles. The van der Waals surface area contributed by atoms with Crippen LogP contribution >= 0.6 is 0 Å². The smallest absolute Gasteiger partial charge is 0.0995 e. The maximum absolute atomic E-state index is 5.73. The number of ether oxygens (including phenoxy) is 2. The Kier molecular flexibility index (Phi) is 3.44. The number of fused-ring (bicyclic) bond motifs is 1. The zero-order valence-corrected chi connectivity index (χ0v) is 9.53. The van der Waals surface area contributed by atoms with Crippen LogP contribution in [0, 0.1) is 0 Å². The molecule has 1 unspecified atom stereocenters. The van der Waals surface area contributed by atoms with E-state index in [-0.39, 0.29) is 6.10 Å². The van der Waals surface area contributed by atoms with Gasteiger partial charge in [-0.25, -0.2) is 0 Å². The number of hydrogen-bond acceptors (Lipinski definition) is 2. The summed E-state index contributed by atoms with van der Waals surface area (Å²) >= 11 is 0. The van der Waals surface area contributed by atoms with E-state index in [2.05, 4.69) is 16.8 Å². The van der Waals surface area contributed by atoms with E-state index in [9.17, 15) is 0 Å². The molecule has 3 heteroatoms. The van der Waals surface area contributed by atoms with Crippen LogP contribution < -0.4 is 0 Å². The minimum atomic E-state index is 0.278. The van der Waals surface area contributed by atoms with Gasteiger partial charge in [-0.2, -0.15) is 0 Å². The fraction of sp³-hybridized carbons (Fsp3) is 0.667. The van der Waals surface area contributed by atoms with Gasteiger partial charge in [0, 0.05) is 31.5 Å². The van der Waals surface area contributed by atoms with Crippen molar-refractivity contribution in [3.63, 3.8) is 0 Å².